The van der Waals surface area contributed by atoms with Crippen LogP contribution >= 0.6 is 0 Å². The summed E-state index contributed by atoms with van der Waals surface area (Å²) in [6.07, 6.45) is -0.566. The fourth-order valence-electron chi connectivity index (χ4n) is 3.42. The number of nitrogens with zero attached hydrogens (tertiary/aromatic N) is 4. The predicted octanol–water partition coefficient (Wildman–Crippen LogP) is 3.08. The van der Waals surface area contributed by atoms with Gasteiger partial charge >= 0.3 is 0 Å². The number of hydrogen-bond acceptors (Lipinski definition) is 6. The summed E-state index contributed by atoms with van der Waals surface area (Å²) in [5, 5.41) is 7.50. The molecule has 2 aromatic heterocycles. The molecule has 1 N–H and O–H groups in total. The van der Waals surface area contributed by atoms with Gasteiger partial charge in [0.05, 0.1) is 12.3 Å². The highest BCUT2D eigenvalue weighted by Gasteiger charge is 2.33. The molecule has 0 saturated carbocycles. The number of rotatable bonds is 5. The molecule has 0 unspecified atom stereocenters. The number of ether oxygens (including phenoxy) is 1. The number of sulfonamides is 1. The van der Waals surface area contributed by atoms with E-state index in [0.717, 1.165) is 5.69 Å². The summed E-state index contributed by atoms with van der Waals surface area (Å²) in [5.41, 5.74) is 2.26. The molecule has 0 bridgehead atoms. The normalized spacial score (nSPS) is 17.6. The van der Waals surface area contributed by atoms with Crippen LogP contribution in [-0.2, 0) is 21.8 Å². The Bertz CT molecular complexity index is 1190. The van der Waals surface area contributed by atoms with Crippen molar-refractivity contribution in [2.24, 2.45) is 7.05 Å². The summed E-state index contributed by atoms with van der Waals surface area (Å²) in [6.45, 7) is 4.07. The van der Waals surface area contributed by atoms with E-state index in [1.165, 1.54) is 16.4 Å². The quantitative estimate of drug-likeness (QED) is 0.649. The monoisotopic (exact) mass is 445 g/mol. The largest absolute Gasteiger partial charge is 0.369 e. The molecule has 0 amide bonds. The van der Waals surface area contributed by atoms with Gasteiger partial charge in [-0.2, -0.15) is 9.40 Å². The van der Waals surface area contributed by atoms with Gasteiger partial charge in [-0.15, -0.1) is 0 Å². The highest BCUT2D eigenvalue weighted by atomic mass is 32.2. The van der Waals surface area contributed by atoms with E-state index in [2.05, 4.69) is 15.4 Å². The second-order valence-electron chi connectivity index (χ2n) is 7.52. The second-order valence-corrected chi connectivity index (χ2v) is 9.43. The first-order chi connectivity index (χ1) is 14.7. The third kappa shape index (κ3) is 4.46. The Kier molecular flexibility index (Phi) is 5.78. The Morgan fingerprint density at radius 2 is 1.97 bits per heavy atom. The summed E-state index contributed by atoms with van der Waals surface area (Å²) in [6, 6.07) is 11.4. The average molecular weight is 446 g/mol. The van der Waals surface area contributed by atoms with Crippen LogP contribution in [0.15, 0.2) is 47.4 Å². The maximum Gasteiger partial charge on any atom is 0.246 e. The standard InChI is InChI=1S/C21H24FN5O3S/c1-14-7-8-16(22)19(11-14)31(28,29)27-9-10-30-18(13-27)17-5-4-6-20(23-17)24-21-12-15(2)26(3)25-21/h4-8,11-12,18H,9-10,13H2,1-3H3,(H,23,24,25)/t18-/m1/s1. The van der Waals surface area contributed by atoms with E-state index in [9.17, 15) is 12.8 Å². The van der Waals surface area contributed by atoms with Crippen molar-refractivity contribution in [1.82, 2.24) is 19.1 Å². The minimum absolute atomic E-state index is 0.0505. The van der Waals surface area contributed by atoms with Crippen LogP contribution in [0.3, 0.4) is 0 Å². The van der Waals surface area contributed by atoms with Crippen molar-refractivity contribution in [3.8, 4) is 0 Å². The molecule has 0 spiro atoms. The Morgan fingerprint density at radius 3 is 2.71 bits per heavy atom. The number of aryl methyl sites for hydroxylation is 3. The minimum atomic E-state index is -3.99. The van der Waals surface area contributed by atoms with Crippen molar-refractivity contribution in [2.45, 2.75) is 24.8 Å². The summed E-state index contributed by atoms with van der Waals surface area (Å²) >= 11 is 0. The molecular weight excluding hydrogens is 421 g/mol. The van der Waals surface area contributed by atoms with Crippen molar-refractivity contribution in [3.05, 3.63) is 65.2 Å². The van der Waals surface area contributed by atoms with Crippen LogP contribution in [0.5, 0.6) is 0 Å². The van der Waals surface area contributed by atoms with E-state index in [4.69, 9.17) is 4.74 Å². The molecule has 3 aromatic rings. The van der Waals surface area contributed by atoms with Crippen LogP contribution in [0.25, 0.3) is 0 Å². The predicted molar refractivity (Wildman–Crippen MR) is 114 cm³/mol. The molecule has 31 heavy (non-hydrogen) atoms. The first-order valence-corrected chi connectivity index (χ1v) is 11.3. The number of nitrogens with one attached hydrogen (secondary N) is 1. The van der Waals surface area contributed by atoms with Gasteiger partial charge in [-0.3, -0.25) is 4.68 Å². The smallest absolute Gasteiger partial charge is 0.246 e. The van der Waals surface area contributed by atoms with Gasteiger partial charge in [0.1, 0.15) is 22.6 Å². The maximum absolute atomic E-state index is 14.3. The molecule has 1 aromatic carbocycles. The molecule has 1 fully saturated rings. The molecule has 1 atom stereocenters. The SMILES string of the molecule is Cc1ccc(F)c(S(=O)(=O)N2CCO[C@@H](c3cccc(Nc4cc(C)n(C)n4)n3)C2)c1. The van der Waals surface area contributed by atoms with E-state index < -0.39 is 21.9 Å². The molecular formula is C21H24FN5O3S. The number of anilines is 2. The zero-order valence-corrected chi connectivity index (χ0v) is 18.4. The second kappa shape index (κ2) is 8.37. The van der Waals surface area contributed by atoms with Gasteiger partial charge in [-0.1, -0.05) is 12.1 Å². The lowest BCUT2D eigenvalue weighted by Crippen LogP contribution is -2.42. The van der Waals surface area contributed by atoms with Gasteiger partial charge in [0.2, 0.25) is 10.0 Å². The lowest BCUT2D eigenvalue weighted by molar-refractivity contribution is -0.00491. The molecule has 8 nitrogen and oxygen atoms in total. The van der Waals surface area contributed by atoms with Crippen molar-refractivity contribution < 1.29 is 17.5 Å². The Labute approximate surface area is 180 Å². The third-order valence-electron chi connectivity index (χ3n) is 5.20. The number of morpholine rings is 1. The summed E-state index contributed by atoms with van der Waals surface area (Å²) in [5.74, 6) is 0.473. The molecule has 1 aliphatic rings. The zero-order chi connectivity index (χ0) is 22.2. The van der Waals surface area contributed by atoms with Crippen molar-refractivity contribution in [3.63, 3.8) is 0 Å². The molecule has 10 heteroatoms. The van der Waals surface area contributed by atoms with Crippen LogP contribution in [0.4, 0.5) is 16.0 Å². The number of aromatic nitrogens is 3. The molecule has 4 rings (SSSR count). The lowest BCUT2D eigenvalue weighted by Gasteiger charge is -2.32. The lowest BCUT2D eigenvalue weighted by atomic mass is 10.2. The maximum atomic E-state index is 14.3. The summed E-state index contributed by atoms with van der Waals surface area (Å²) in [4.78, 5) is 4.25. The highest BCUT2D eigenvalue weighted by Crippen LogP contribution is 2.28. The van der Waals surface area contributed by atoms with Crippen molar-refractivity contribution in [2.75, 3.05) is 25.0 Å². The van der Waals surface area contributed by atoms with Gasteiger partial charge in [0.15, 0.2) is 5.82 Å². The number of hydrogen-bond donors (Lipinski definition) is 1. The van der Waals surface area contributed by atoms with E-state index in [1.54, 1.807) is 29.8 Å². The topological polar surface area (TPSA) is 89.4 Å². The molecule has 1 saturated heterocycles. The zero-order valence-electron chi connectivity index (χ0n) is 17.5. The van der Waals surface area contributed by atoms with Gasteiger partial charge in [-0.05, 0) is 43.7 Å². The van der Waals surface area contributed by atoms with E-state index in [1.807, 2.05) is 26.1 Å². The minimum Gasteiger partial charge on any atom is -0.369 e. The number of benzene rings is 1. The first kappa shape index (κ1) is 21.4. The van der Waals surface area contributed by atoms with E-state index in [-0.39, 0.29) is 24.6 Å². The molecule has 1 aliphatic heterocycles. The van der Waals surface area contributed by atoms with Crippen LogP contribution in [-0.4, -0.2) is 47.2 Å². The summed E-state index contributed by atoms with van der Waals surface area (Å²) in [7, 11) is -2.14. The highest BCUT2D eigenvalue weighted by molar-refractivity contribution is 7.89. The van der Waals surface area contributed by atoms with Crippen LogP contribution in [0, 0.1) is 19.7 Å². The van der Waals surface area contributed by atoms with Gasteiger partial charge in [0, 0.05) is 31.9 Å². The Balaban J connectivity index is 1.55. The van der Waals surface area contributed by atoms with Crippen LogP contribution in [0.1, 0.15) is 23.1 Å². The number of halogens is 1. The molecule has 0 radical (unpaired) electrons. The fraction of sp³-hybridized carbons (Fsp3) is 0.333. The first-order valence-electron chi connectivity index (χ1n) is 9.86. The third-order valence-corrected chi connectivity index (χ3v) is 7.08. The summed E-state index contributed by atoms with van der Waals surface area (Å²) < 4.78 is 49.2. The molecule has 0 aliphatic carbocycles. The number of pyridine rings is 1. The van der Waals surface area contributed by atoms with Gasteiger partial charge < -0.3 is 10.1 Å². The van der Waals surface area contributed by atoms with Gasteiger partial charge in [-0.25, -0.2) is 17.8 Å². The fourth-order valence-corrected chi connectivity index (χ4v) is 5.00. The van der Waals surface area contributed by atoms with Crippen molar-refractivity contribution >= 4 is 21.7 Å². The van der Waals surface area contributed by atoms with Crippen LogP contribution in [0.2, 0.25) is 0 Å². The van der Waals surface area contributed by atoms with E-state index >= 15 is 0 Å². The molecule has 3 heterocycles. The van der Waals surface area contributed by atoms with E-state index in [0.29, 0.717) is 22.9 Å². The molecule has 164 valence electrons. The van der Waals surface area contributed by atoms with Crippen LogP contribution < -0.4 is 5.32 Å². The average Bonchev–Trinajstić information content (AvgIpc) is 3.06. The van der Waals surface area contributed by atoms with Crippen molar-refractivity contribution in [1.29, 1.82) is 0 Å². The van der Waals surface area contributed by atoms with Gasteiger partial charge in [0.25, 0.3) is 0 Å². The Hall–Kier alpha value is -2.82. The Morgan fingerprint density at radius 1 is 1.16 bits per heavy atom.